The van der Waals surface area contributed by atoms with Gasteiger partial charge in [-0.15, -0.1) is 5.10 Å². The number of thiocarbonyl (C=S) groups is 1. The van der Waals surface area contributed by atoms with Gasteiger partial charge in [0.2, 0.25) is 0 Å². The lowest BCUT2D eigenvalue weighted by atomic mass is 10.0. The minimum atomic E-state index is 0.342. The van der Waals surface area contributed by atoms with E-state index in [2.05, 4.69) is 15.5 Å². The summed E-state index contributed by atoms with van der Waals surface area (Å²) in [4.78, 5) is 0.342. The van der Waals surface area contributed by atoms with Crippen LogP contribution in [0.25, 0.3) is 0 Å². The fourth-order valence-corrected chi connectivity index (χ4v) is 2.11. The van der Waals surface area contributed by atoms with Crippen molar-refractivity contribution in [1.29, 1.82) is 0 Å². The number of nitrogens with one attached hydrogen (secondary N) is 1. The molecule has 0 unspecified atom stereocenters. The second kappa shape index (κ2) is 5.58. The molecule has 0 spiro atoms. The summed E-state index contributed by atoms with van der Waals surface area (Å²) < 4.78 is 5.14. The van der Waals surface area contributed by atoms with Gasteiger partial charge in [0.15, 0.2) is 5.82 Å². The zero-order valence-electron chi connectivity index (χ0n) is 10.5. The molecular formula is C12H18N4OS. The molecule has 6 heteroatoms. The molecule has 1 aliphatic carbocycles. The third-order valence-electron chi connectivity index (χ3n) is 3.41. The van der Waals surface area contributed by atoms with Crippen LogP contribution in [0.2, 0.25) is 0 Å². The van der Waals surface area contributed by atoms with Crippen molar-refractivity contribution >= 4 is 23.0 Å². The molecule has 18 heavy (non-hydrogen) atoms. The van der Waals surface area contributed by atoms with Crippen LogP contribution in [0.1, 0.15) is 24.8 Å². The molecule has 0 aromatic carbocycles. The monoisotopic (exact) mass is 266 g/mol. The van der Waals surface area contributed by atoms with Crippen molar-refractivity contribution < 1.29 is 4.74 Å². The maximum Gasteiger partial charge on any atom is 0.158 e. The van der Waals surface area contributed by atoms with Gasteiger partial charge < -0.3 is 15.8 Å². The first-order chi connectivity index (χ1) is 8.67. The molecule has 0 saturated heterocycles. The smallest absolute Gasteiger partial charge is 0.158 e. The first kappa shape index (κ1) is 13.2. The molecule has 0 radical (unpaired) electrons. The normalized spacial score (nSPS) is 16.3. The maximum atomic E-state index is 5.65. The highest BCUT2D eigenvalue weighted by molar-refractivity contribution is 7.80. The molecule has 98 valence electrons. The molecule has 1 aromatic rings. The van der Waals surface area contributed by atoms with Gasteiger partial charge in [0.05, 0.1) is 11.8 Å². The lowest BCUT2D eigenvalue weighted by Crippen LogP contribution is -2.21. The summed E-state index contributed by atoms with van der Waals surface area (Å²) >= 11 is 4.99. The zero-order valence-corrected chi connectivity index (χ0v) is 11.3. The molecule has 1 aromatic heterocycles. The number of aromatic nitrogens is 2. The first-order valence-electron chi connectivity index (χ1n) is 6.01. The van der Waals surface area contributed by atoms with Crippen LogP contribution in [0, 0.1) is 5.41 Å². The molecule has 1 fully saturated rings. The van der Waals surface area contributed by atoms with Crippen molar-refractivity contribution in [3.05, 3.63) is 17.8 Å². The molecule has 0 atom stereocenters. The molecule has 1 heterocycles. The predicted molar refractivity (Wildman–Crippen MR) is 74.6 cm³/mol. The van der Waals surface area contributed by atoms with Crippen molar-refractivity contribution in [2.24, 2.45) is 11.1 Å². The fraction of sp³-hybridized carbons (Fsp3) is 0.583. The van der Waals surface area contributed by atoms with Gasteiger partial charge in [-0.25, -0.2) is 0 Å². The van der Waals surface area contributed by atoms with Gasteiger partial charge in [-0.2, -0.15) is 5.10 Å². The van der Waals surface area contributed by atoms with E-state index >= 15 is 0 Å². The number of nitrogens with two attached hydrogens (primary N) is 1. The fourth-order valence-electron chi connectivity index (χ4n) is 1.94. The quantitative estimate of drug-likeness (QED) is 0.726. The van der Waals surface area contributed by atoms with Crippen LogP contribution in [0.3, 0.4) is 0 Å². The average Bonchev–Trinajstić information content (AvgIpc) is 3.15. The molecule has 5 nitrogen and oxygen atoms in total. The van der Waals surface area contributed by atoms with Crippen molar-refractivity contribution in [3.63, 3.8) is 0 Å². The van der Waals surface area contributed by atoms with Crippen LogP contribution in [-0.2, 0) is 4.74 Å². The van der Waals surface area contributed by atoms with Gasteiger partial charge in [-0.05, 0) is 30.7 Å². The Kier molecular flexibility index (Phi) is 4.08. The van der Waals surface area contributed by atoms with Crippen LogP contribution < -0.4 is 11.1 Å². The minimum absolute atomic E-state index is 0.342. The van der Waals surface area contributed by atoms with E-state index in [1.165, 1.54) is 12.8 Å². The van der Waals surface area contributed by atoms with Crippen molar-refractivity contribution in [3.8, 4) is 0 Å². The molecule has 0 amide bonds. The van der Waals surface area contributed by atoms with E-state index < -0.39 is 0 Å². The van der Waals surface area contributed by atoms with Crippen LogP contribution in [0.4, 0.5) is 5.82 Å². The summed E-state index contributed by atoms with van der Waals surface area (Å²) in [6.07, 6.45) is 5.12. The van der Waals surface area contributed by atoms with Gasteiger partial charge >= 0.3 is 0 Å². The largest absolute Gasteiger partial charge is 0.389 e. The molecule has 0 aliphatic heterocycles. The Balaban J connectivity index is 1.96. The van der Waals surface area contributed by atoms with E-state index in [-0.39, 0.29) is 0 Å². The molecule has 2 rings (SSSR count). The van der Waals surface area contributed by atoms with E-state index in [1.807, 2.05) is 0 Å². The molecular weight excluding hydrogens is 248 g/mol. The Morgan fingerprint density at radius 2 is 2.39 bits per heavy atom. The van der Waals surface area contributed by atoms with Gasteiger partial charge in [0.25, 0.3) is 0 Å². The number of ether oxygens (including phenoxy) is 1. The Labute approximate surface area is 112 Å². The third kappa shape index (κ3) is 3.14. The lowest BCUT2D eigenvalue weighted by Gasteiger charge is -2.16. The van der Waals surface area contributed by atoms with Crippen LogP contribution in [0.5, 0.6) is 0 Å². The number of anilines is 1. The van der Waals surface area contributed by atoms with Crippen LogP contribution in [-0.4, -0.2) is 35.4 Å². The Bertz CT molecular complexity index is 434. The van der Waals surface area contributed by atoms with Crippen LogP contribution >= 0.6 is 12.2 Å². The predicted octanol–water partition coefficient (Wildman–Crippen LogP) is 1.34. The Morgan fingerprint density at radius 3 is 3.00 bits per heavy atom. The molecule has 1 saturated carbocycles. The average molecular weight is 266 g/mol. The second-order valence-corrected chi connectivity index (χ2v) is 5.19. The Morgan fingerprint density at radius 1 is 1.61 bits per heavy atom. The van der Waals surface area contributed by atoms with E-state index in [4.69, 9.17) is 22.7 Å². The van der Waals surface area contributed by atoms with E-state index in [9.17, 15) is 0 Å². The molecule has 0 bridgehead atoms. The highest BCUT2D eigenvalue weighted by atomic mass is 32.1. The summed E-state index contributed by atoms with van der Waals surface area (Å²) in [5.41, 5.74) is 6.75. The highest BCUT2D eigenvalue weighted by Crippen LogP contribution is 2.48. The van der Waals surface area contributed by atoms with E-state index in [1.54, 1.807) is 19.4 Å². The molecule has 3 N–H and O–H groups in total. The lowest BCUT2D eigenvalue weighted by molar-refractivity contribution is 0.175. The number of nitrogens with zero attached hydrogens (tertiary/aromatic N) is 2. The van der Waals surface area contributed by atoms with Gasteiger partial charge in [0.1, 0.15) is 4.99 Å². The zero-order chi connectivity index (χ0) is 13.0. The number of methoxy groups -OCH3 is 1. The third-order valence-corrected chi connectivity index (χ3v) is 3.63. The highest BCUT2D eigenvalue weighted by Gasteiger charge is 2.41. The molecule has 1 aliphatic rings. The first-order valence-corrected chi connectivity index (χ1v) is 6.42. The summed E-state index contributed by atoms with van der Waals surface area (Å²) in [7, 11) is 1.73. The number of hydrogen-bond donors (Lipinski definition) is 2. The van der Waals surface area contributed by atoms with Gasteiger partial charge in [-0.3, -0.25) is 0 Å². The van der Waals surface area contributed by atoms with E-state index in [0.717, 1.165) is 25.1 Å². The number of rotatable bonds is 7. The Hall–Kier alpha value is -1.27. The van der Waals surface area contributed by atoms with Gasteiger partial charge in [-0.1, -0.05) is 12.2 Å². The standard InChI is InChI=1S/C12H18N4OS/c1-17-7-5-12(3-4-12)8-14-11-9(10(13)18)2-6-15-16-11/h2,6H,3-5,7-8H2,1H3,(H2,13,18)(H,14,16). The SMILES string of the molecule is COCCC1(CNc2nnccc2C(N)=S)CC1. The van der Waals surface area contributed by atoms with Crippen molar-refractivity contribution in [2.75, 3.05) is 25.6 Å². The van der Waals surface area contributed by atoms with Gasteiger partial charge in [0, 0.05) is 20.3 Å². The second-order valence-electron chi connectivity index (χ2n) is 4.75. The number of hydrogen-bond acceptors (Lipinski definition) is 5. The summed E-state index contributed by atoms with van der Waals surface area (Å²) in [6, 6.07) is 1.78. The van der Waals surface area contributed by atoms with Crippen molar-refractivity contribution in [2.45, 2.75) is 19.3 Å². The maximum absolute atomic E-state index is 5.65. The minimum Gasteiger partial charge on any atom is -0.389 e. The topological polar surface area (TPSA) is 73.1 Å². The summed E-state index contributed by atoms with van der Waals surface area (Å²) in [5.74, 6) is 0.675. The van der Waals surface area contributed by atoms with Crippen molar-refractivity contribution in [1.82, 2.24) is 10.2 Å². The van der Waals surface area contributed by atoms with E-state index in [0.29, 0.717) is 16.2 Å². The van der Waals surface area contributed by atoms with Crippen LogP contribution in [0.15, 0.2) is 12.3 Å². The summed E-state index contributed by atoms with van der Waals surface area (Å²) in [5, 5.41) is 11.2. The summed E-state index contributed by atoms with van der Waals surface area (Å²) in [6.45, 7) is 1.66.